The van der Waals surface area contributed by atoms with Crippen molar-refractivity contribution in [2.75, 3.05) is 20.3 Å². The number of pyridine rings is 1. The highest BCUT2D eigenvalue weighted by Crippen LogP contribution is 2.41. The van der Waals surface area contributed by atoms with Gasteiger partial charge in [0, 0.05) is 17.5 Å². The van der Waals surface area contributed by atoms with Crippen LogP contribution in [0.15, 0.2) is 48.7 Å². The van der Waals surface area contributed by atoms with E-state index in [1.807, 2.05) is 41.1 Å². The number of hydrogen-bond donors (Lipinski definition) is 1. The normalized spacial score (nSPS) is 13.1. The van der Waals surface area contributed by atoms with Gasteiger partial charge in [0.1, 0.15) is 19.0 Å². The molecule has 0 aliphatic heterocycles. The molecule has 0 bridgehead atoms. The zero-order valence-corrected chi connectivity index (χ0v) is 16.1. The van der Waals surface area contributed by atoms with Gasteiger partial charge in [0.05, 0.1) is 30.4 Å². The lowest BCUT2D eigenvalue weighted by Gasteiger charge is -2.10. The molecular formula is C21H22N4O4. The maximum atomic E-state index is 10.6. The number of hydrogen-bond acceptors (Lipinski definition) is 6. The van der Waals surface area contributed by atoms with E-state index in [0.29, 0.717) is 17.5 Å². The van der Waals surface area contributed by atoms with Crippen molar-refractivity contribution < 1.29 is 19.0 Å². The molecule has 3 aromatic rings. The van der Waals surface area contributed by atoms with Crippen molar-refractivity contribution in [1.29, 1.82) is 0 Å². The summed E-state index contributed by atoms with van der Waals surface area (Å²) in [5.41, 5.74) is 8.90. The second-order valence-corrected chi connectivity index (χ2v) is 6.74. The second-order valence-electron chi connectivity index (χ2n) is 6.74. The first kappa shape index (κ1) is 18.8. The van der Waals surface area contributed by atoms with Gasteiger partial charge >= 0.3 is 6.09 Å². The lowest BCUT2D eigenvalue weighted by molar-refractivity contribution is 0.134. The van der Waals surface area contributed by atoms with Crippen LogP contribution in [-0.2, 0) is 4.74 Å². The van der Waals surface area contributed by atoms with Crippen LogP contribution in [-0.4, -0.2) is 41.2 Å². The fourth-order valence-electron chi connectivity index (χ4n) is 3.02. The highest BCUT2D eigenvalue weighted by molar-refractivity contribution is 5.65. The van der Waals surface area contributed by atoms with E-state index < -0.39 is 6.09 Å². The summed E-state index contributed by atoms with van der Waals surface area (Å²) in [5.74, 6) is 1.78. The molecule has 0 unspecified atom stereocenters. The monoisotopic (exact) mass is 394 g/mol. The van der Waals surface area contributed by atoms with E-state index >= 15 is 0 Å². The van der Waals surface area contributed by atoms with Crippen LogP contribution in [0.25, 0.3) is 16.9 Å². The molecule has 4 rings (SSSR count). The first-order valence-electron chi connectivity index (χ1n) is 9.40. The summed E-state index contributed by atoms with van der Waals surface area (Å²) in [4.78, 5) is 14.9. The molecule has 0 atom stereocenters. The molecule has 1 aromatic carbocycles. The van der Waals surface area contributed by atoms with E-state index in [9.17, 15) is 4.79 Å². The lowest BCUT2D eigenvalue weighted by Crippen LogP contribution is -2.17. The molecular weight excluding hydrogens is 372 g/mol. The van der Waals surface area contributed by atoms with Gasteiger partial charge in [-0.3, -0.25) is 0 Å². The van der Waals surface area contributed by atoms with Gasteiger partial charge in [-0.15, -0.1) is 0 Å². The topological polar surface area (TPSA) is 101 Å². The van der Waals surface area contributed by atoms with Crippen LogP contribution in [0.5, 0.6) is 11.6 Å². The Kier molecular flexibility index (Phi) is 5.33. The predicted molar refractivity (Wildman–Crippen MR) is 106 cm³/mol. The van der Waals surface area contributed by atoms with Crippen molar-refractivity contribution in [2.45, 2.75) is 18.8 Å². The first-order valence-corrected chi connectivity index (χ1v) is 9.40. The van der Waals surface area contributed by atoms with Gasteiger partial charge in [0.2, 0.25) is 5.88 Å². The van der Waals surface area contributed by atoms with Gasteiger partial charge in [-0.1, -0.05) is 0 Å². The number of methoxy groups -OCH3 is 1. The summed E-state index contributed by atoms with van der Waals surface area (Å²) in [6.45, 7) is 0.350. The van der Waals surface area contributed by atoms with Crippen molar-refractivity contribution in [2.24, 2.45) is 5.73 Å². The van der Waals surface area contributed by atoms with Crippen molar-refractivity contribution in [3.05, 3.63) is 54.4 Å². The number of carbonyl (C=O) groups excluding carboxylic acids is 1. The molecule has 8 nitrogen and oxygen atoms in total. The Bertz CT molecular complexity index is 979. The van der Waals surface area contributed by atoms with Gasteiger partial charge in [-0.05, 0) is 49.2 Å². The molecule has 1 aliphatic carbocycles. The third-order valence-corrected chi connectivity index (χ3v) is 4.64. The van der Waals surface area contributed by atoms with Crippen LogP contribution in [0.1, 0.15) is 24.5 Å². The molecule has 29 heavy (non-hydrogen) atoms. The number of rotatable bonds is 8. The van der Waals surface area contributed by atoms with Crippen LogP contribution in [0.3, 0.4) is 0 Å². The van der Waals surface area contributed by atoms with E-state index in [2.05, 4.69) is 15.8 Å². The van der Waals surface area contributed by atoms with Crippen molar-refractivity contribution in [1.82, 2.24) is 14.8 Å². The Morgan fingerprint density at radius 3 is 2.59 bits per heavy atom. The SMILES string of the molecule is COc1ccc(-n2nc(C3CC3)cc2-c2ccc(OCCOC(N)=O)cc2)cn1. The van der Waals surface area contributed by atoms with Crippen molar-refractivity contribution in [3.8, 4) is 28.6 Å². The predicted octanol–water partition coefficient (Wildman–Crippen LogP) is 3.29. The fourth-order valence-corrected chi connectivity index (χ4v) is 3.02. The summed E-state index contributed by atoms with van der Waals surface area (Å²) in [6.07, 6.45) is 3.30. The number of nitrogens with zero attached hydrogens (tertiary/aromatic N) is 3. The molecule has 0 spiro atoms. The molecule has 8 heteroatoms. The molecule has 0 radical (unpaired) electrons. The number of primary amides is 1. The Hall–Kier alpha value is -3.55. The van der Waals surface area contributed by atoms with Gasteiger partial charge in [-0.25, -0.2) is 14.5 Å². The third kappa shape index (κ3) is 4.48. The van der Waals surface area contributed by atoms with E-state index in [-0.39, 0.29) is 13.2 Å². The summed E-state index contributed by atoms with van der Waals surface area (Å²) in [7, 11) is 1.59. The van der Waals surface area contributed by atoms with Crippen LogP contribution in [0.4, 0.5) is 4.79 Å². The van der Waals surface area contributed by atoms with Crippen molar-refractivity contribution >= 4 is 6.09 Å². The average molecular weight is 394 g/mol. The summed E-state index contributed by atoms with van der Waals surface area (Å²) < 4.78 is 17.3. The Morgan fingerprint density at radius 1 is 1.17 bits per heavy atom. The second kappa shape index (κ2) is 8.22. The molecule has 1 amide bonds. The smallest absolute Gasteiger partial charge is 0.404 e. The molecule has 1 fully saturated rings. The number of nitrogens with two attached hydrogens (primary N) is 1. The number of benzene rings is 1. The number of ether oxygens (including phenoxy) is 3. The maximum Gasteiger partial charge on any atom is 0.404 e. The number of aromatic nitrogens is 3. The van der Waals surface area contributed by atoms with E-state index in [1.165, 1.54) is 12.8 Å². The summed E-state index contributed by atoms with van der Waals surface area (Å²) in [6, 6.07) is 13.6. The first-order chi connectivity index (χ1) is 14.1. The van der Waals surface area contributed by atoms with Crippen LogP contribution in [0, 0.1) is 0 Å². The largest absolute Gasteiger partial charge is 0.490 e. The van der Waals surface area contributed by atoms with E-state index in [4.69, 9.17) is 20.3 Å². The molecule has 2 N–H and O–H groups in total. The molecule has 1 aliphatic rings. The van der Waals surface area contributed by atoms with Gasteiger partial charge in [0.25, 0.3) is 0 Å². The molecule has 150 valence electrons. The number of carbonyl (C=O) groups is 1. The summed E-state index contributed by atoms with van der Waals surface area (Å²) in [5, 5.41) is 4.82. The average Bonchev–Trinajstić information content (AvgIpc) is 3.50. The lowest BCUT2D eigenvalue weighted by atomic mass is 10.1. The van der Waals surface area contributed by atoms with Gasteiger partial charge < -0.3 is 19.9 Å². The zero-order chi connectivity index (χ0) is 20.2. The van der Waals surface area contributed by atoms with Crippen molar-refractivity contribution in [3.63, 3.8) is 0 Å². The van der Waals surface area contributed by atoms with E-state index in [1.54, 1.807) is 13.3 Å². The minimum Gasteiger partial charge on any atom is -0.490 e. The summed E-state index contributed by atoms with van der Waals surface area (Å²) >= 11 is 0. The van der Waals surface area contributed by atoms with Crippen LogP contribution in [0.2, 0.25) is 0 Å². The third-order valence-electron chi connectivity index (χ3n) is 4.64. The molecule has 2 heterocycles. The molecule has 0 saturated heterocycles. The Morgan fingerprint density at radius 2 is 1.97 bits per heavy atom. The quantitative estimate of drug-likeness (QED) is 0.588. The Balaban J connectivity index is 1.56. The van der Waals surface area contributed by atoms with Crippen LogP contribution < -0.4 is 15.2 Å². The highest BCUT2D eigenvalue weighted by Gasteiger charge is 2.28. The number of amides is 1. The van der Waals surface area contributed by atoms with Gasteiger partial charge in [-0.2, -0.15) is 5.10 Å². The minimum atomic E-state index is -0.809. The molecule has 2 aromatic heterocycles. The van der Waals surface area contributed by atoms with Crippen LogP contribution >= 0.6 is 0 Å². The Labute approximate surface area is 168 Å². The standard InChI is InChI=1S/C21H22N4O4/c1-27-20-9-6-16(13-23-20)25-19(12-18(24-25)14-2-3-14)15-4-7-17(8-5-15)28-10-11-29-21(22)26/h4-9,12-14H,2-3,10-11H2,1H3,(H2,22,26). The van der Waals surface area contributed by atoms with E-state index in [0.717, 1.165) is 22.6 Å². The maximum absolute atomic E-state index is 10.6. The zero-order valence-electron chi connectivity index (χ0n) is 16.1. The fraction of sp³-hybridized carbons (Fsp3) is 0.286. The van der Waals surface area contributed by atoms with Gasteiger partial charge in [0.15, 0.2) is 0 Å². The minimum absolute atomic E-state index is 0.110. The molecule has 1 saturated carbocycles. The highest BCUT2D eigenvalue weighted by atomic mass is 16.6.